The number of benzene rings is 1. The Labute approximate surface area is 178 Å². The molecule has 0 spiro atoms. The lowest BCUT2D eigenvalue weighted by molar-refractivity contribution is -0.116. The lowest BCUT2D eigenvalue weighted by Gasteiger charge is -2.28. The van der Waals surface area contributed by atoms with Crippen molar-refractivity contribution in [2.45, 2.75) is 6.54 Å². The molecule has 0 bridgehead atoms. The number of carbonyl (C=O) groups excluding carboxylic acids is 1. The van der Waals surface area contributed by atoms with Crippen LogP contribution in [0.5, 0.6) is 0 Å². The molecule has 0 saturated carbocycles. The van der Waals surface area contributed by atoms with Gasteiger partial charge in [-0.1, -0.05) is 12.1 Å². The lowest BCUT2D eigenvalue weighted by Crippen LogP contribution is -2.36. The first kappa shape index (κ1) is 20.3. The zero-order chi connectivity index (χ0) is 20.8. The molecule has 1 aromatic carbocycles. The molecular weight excluding hydrogens is 401 g/mol. The van der Waals surface area contributed by atoms with E-state index in [0.29, 0.717) is 19.8 Å². The molecule has 1 amide bonds. The van der Waals surface area contributed by atoms with Crippen LogP contribution in [-0.4, -0.2) is 37.2 Å². The zero-order valence-corrected chi connectivity index (χ0v) is 17.2. The Morgan fingerprint density at radius 3 is 2.77 bits per heavy atom. The van der Waals surface area contributed by atoms with Gasteiger partial charge in [0.15, 0.2) is 0 Å². The molecule has 0 atom stereocenters. The number of halogens is 1. The number of nitrogens with zero attached hydrogens (tertiary/aromatic N) is 2. The van der Waals surface area contributed by atoms with E-state index in [1.54, 1.807) is 35.7 Å². The van der Waals surface area contributed by atoms with Gasteiger partial charge in [0, 0.05) is 41.7 Å². The molecule has 4 rings (SSSR count). The smallest absolute Gasteiger partial charge is 0.244 e. The molecule has 3 heterocycles. The fourth-order valence-electron chi connectivity index (χ4n) is 3.15. The number of ether oxygens (including phenoxy) is 1. The average molecular weight is 424 g/mol. The van der Waals surface area contributed by atoms with Crippen LogP contribution >= 0.6 is 11.3 Å². The summed E-state index contributed by atoms with van der Waals surface area (Å²) in [6.45, 7) is 3.50. The maximum Gasteiger partial charge on any atom is 0.244 e. The van der Waals surface area contributed by atoms with Crippen molar-refractivity contribution in [2.75, 3.05) is 31.2 Å². The number of hydrogen-bond acceptors (Lipinski definition) is 5. The Morgan fingerprint density at radius 2 is 1.97 bits per heavy atom. The van der Waals surface area contributed by atoms with E-state index in [-0.39, 0.29) is 11.7 Å². The summed E-state index contributed by atoms with van der Waals surface area (Å²) < 4.78 is 18.4. The van der Waals surface area contributed by atoms with E-state index in [0.717, 1.165) is 39.8 Å². The lowest BCUT2D eigenvalue weighted by atomic mass is 10.2. The molecule has 0 radical (unpaired) electrons. The van der Waals surface area contributed by atoms with Gasteiger partial charge in [0.05, 0.1) is 13.2 Å². The molecule has 7 heteroatoms. The molecule has 3 aromatic rings. The predicted octanol–water partition coefficient (Wildman–Crippen LogP) is 4.12. The number of carbonyl (C=O) groups is 1. The Morgan fingerprint density at radius 1 is 1.17 bits per heavy atom. The molecule has 2 aromatic heterocycles. The average Bonchev–Trinajstić information content (AvgIpc) is 3.27. The molecule has 1 saturated heterocycles. The predicted molar refractivity (Wildman–Crippen MR) is 118 cm³/mol. The van der Waals surface area contributed by atoms with Crippen molar-refractivity contribution in [3.8, 4) is 10.4 Å². The minimum absolute atomic E-state index is 0.156. The Hall–Kier alpha value is -3.03. The molecular formula is C23H22FN3O2S. The van der Waals surface area contributed by atoms with E-state index in [4.69, 9.17) is 4.74 Å². The van der Waals surface area contributed by atoms with Crippen LogP contribution in [0.15, 0.2) is 60.8 Å². The fraction of sp³-hybridized carbons (Fsp3) is 0.217. The first-order chi connectivity index (χ1) is 14.7. The topological polar surface area (TPSA) is 54.5 Å². The van der Waals surface area contributed by atoms with Crippen molar-refractivity contribution in [1.82, 2.24) is 10.3 Å². The third-order valence-corrected chi connectivity index (χ3v) is 5.87. The van der Waals surface area contributed by atoms with Gasteiger partial charge in [-0.25, -0.2) is 9.37 Å². The van der Waals surface area contributed by atoms with Crippen molar-refractivity contribution in [1.29, 1.82) is 0 Å². The number of hydrogen-bond donors (Lipinski definition) is 1. The Kier molecular flexibility index (Phi) is 6.51. The molecule has 0 aliphatic carbocycles. The van der Waals surface area contributed by atoms with Crippen molar-refractivity contribution < 1.29 is 13.9 Å². The Bertz CT molecular complexity index is 1030. The van der Waals surface area contributed by atoms with Crippen LogP contribution in [-0.2, 0) is 16.1 Å². The molecule has 1 aliphatic heterocycles. The van der Waals surface area contributed by atoms with E-state index < -0.39 is 0 Å². The van der Waals surface area contributed by atoms with Gasteiger partial charge in [0.25, 0.3) is 0 Å². The van der Waals surface area contributed by atoms with Gasteiger partial charge in [-0.15, -0.1) is 11.3 Å². The fourth-order valence-corrected chi connectivity index (χ4v) is 4.07. The number of rotatable bonds is 6. The van der Waals surface area contributed by atoms with E-state index in [1.807, 2.05) is 24.3 Å². The van der Waals surface area contributed by atoms with Crippen LogP contribution in [0.25, 0.3) is 16.5 Å². The van der Waals surface area contributed by atoms with E-state index in [1.165, 1.54) is 18.2 Å². The van der Waals surface area contributed by atoms with Crippen LogP contribution in [0.2, 0.25) is 0 Å². The number of thiophene rings is 1. The van der Waals surface area contributed by atoms with Crippen molar-refractivity contribution in [3.63, 3.8) is 0 Å². The van der Waals surface area contributed by atoms with Gasteiger partial charge in [-0.2, -0.15) is 0 Å². The van der Waals surface area contributed by atoms with Gasteiger partial charge >= 0.3 is 0 Å². The minimum Gasteiger partial charge on any atom is -0.378 e. The molecule has 5 nitrogen and oxygen atoms in total. The van der Waals surface area contributed by atoms with Gasteiger partial charge in [0.1, 0.15) is 11.6 Å². The summed E-state index contributed by atoms with van der Waals surface area (Å²) in [5.74, 6) is 0.502. The summed E-state index contributed by atoms with van der Waals surface area (Å²) in [4.78, 5) is 20.8. The molecule has 30 heavy (non-hydrogen) atoms. The summed E-state index contributed by atoms with van der Waals surface area (Å²) in [6, 6.07) is 14.2. The summed E-state index contributed by atoms with van der Waals surface area (Å²) >= 11 is 1.55. The van der Waals surface area contributed by atoms with Crippen molar-refractivity contribution >= 4 is 29.1 Å². The second-order valence-corrected chi connectivity index (χ2v) is 8.00. The van der Waals surface area contributed by atoms with Crippen LogP contribution < -0.4 is 10.2 Å². The molecule has 0 unspecified atom stereocenters. The van der Waals surface area contributed by atoms with Crippen LogP contribution in [0.3, 0.4) is 0 Å². The highest BCUT2D eigenvalue weighted by Crippen LogP contribution is 2.28. The molecule has 154 valence electrons. The number of aromatic nitrogens is 1. The SMILES string of the molecule is O=C(/C=C/c1ccc(-c2ccc(F)cc2)s1)NCc1ccnc(N2CCOCC2)c1. The van der Waals surface area contributed by atoms with Crippen molar-refractivity contribution in [2.24, 2.45) is 0 Å². The summed E-state index contributed by atoms with van der Waals surface area (Å²) in [6.07, 6.45) is 5.09. The van der Waals surface area contributed by atoms with Gasteiger partial charge in [-0.3, -0.25) is 4.79 Å². The van der Waals surface area contributed by atoms with Crippen LogP contribution in [0.1, 0.15) is 10.4 Å². The Balaban J connectivity index is 1.32. The largest absolute Gasteiger partial charge is 0.378 e. The number of anilines is 1. The molecule has 1 fully saturated rings. The van der Waals surface area contributed by atoms with E-state index in [9.17, 15) is 9.18 Å². The summed E-state index contributed by atoms with van der Waals surface area (Å²) in [5, 5.41) is 2.91. The van der Waals surface area contributed by atoms with E-state index in [2.05, 4.69) is 15.2 Å². The first-order valence-corrected chi connectivity index (χ1v) is 10.6. The zero-order valence-electron chi connectivity index (χ0n) is 16.4. The highest BCUT2D eigenvalue weighted by molar-refractivity contribution is 7.16. The van der Waals surface area contributed by atoms with Crippen LogP contribution in [0.4, 0.5) is 10.2 Å². The monoisotopic (exact) mass is 423 g/mol. The first-order valence-electron chi connectivity index (χ1n) is 9.77. The van der Waals surface area contributed by atoms with Gasteiger partial charge < -0.3 is 15.0 Å². The third-order valence-electron chi connectivity index (χ3n) is 4.77. The van der Waals surface area contributed by atoms with E-state index >= 15 is 0 Å². The number of amides is 1. The maximum absolute atomic E-state index is 13.1. The highest BCUT2D eigenvalue weighted by Gasteiger charge is 2.12. The third kappa shape index (κ3) is 5.31. The number of nitrogens with one attached hydrogen (secondary N) is 1. The normalized spacial score (nSPS) is 14.2. The number of pyridine rings is 1. The minimum atomic E-state index is -0.252. The number of morpholine rings is 1. The maximum atomic E-state index is 13.1. The summed E-state index contributed by atoms with van der Waals surface area (Å²) in [5.41, 5.74) is 1.96. The molecule has 1 aliphatic rings. The van der Waals surface area contributed by atoms with Gasteiger partial charge in [0.2, 0.25) is 5.91 Å². The second kappa shape index (κ2) is 9.65. The van der Waals surface area contributed by atoms with Gasteiger partial charge in [-0.05, 0) is 53.6 Å². The summed E-state index contributed by atoms with van der Waals surface area (Å²) in [7, 11) is 0. The second-order valence-electron chi connectivity index (χ2n) is 6.88. The quantitative estimate of drug-likeness (QED) is 0.606. The van der Waals surface area contributed by atoms with Crippen LogP contribution in [0, 0.1) is 5.82 Å². The standard InChI is InChI=1S/C23H22FN3O2S/c24-19-3-1-18(2-4-19)21-7-5-20(30-21)6-8-23(28)26-16-17-9-10-25-22(15-17)27-11-13-29-14-12-27/h1-10,15H,11-14,16H2,(H,26,28)/b8-6+. The highest BCUT2D eigenvalue weighted by atomic mass is 32.1. The molecule has 1 N–H and O–H groups in total. The van der Waals surface area contributed by atoms with Crippen molar-refractivity contribution in [3.05, 3.63) is 77.1 Å².